The summed E-state index contributed by atoms with van der Waals surface area (Å²) in [4.78, 5) is 2.22. The molecular formula is C17H18N4O. The molecule has 0 aliphatic carbocycles. The lowest BCUT2D eigenvalue weighted by molar-refractivity contribution is 0.228. The minimum atomic E-state index is -0.108. The molecule has 1 atom stereocenters. The molecule has 2 N–H and O–H groups in total. The molecule has 22 heavy (non-hydrogen) atoms. The first-order valence-corrected chi connectivity index (χ1v) is 7.44. The summed E-state index contributed by atoms with van der Waals surface area (Å²) in [6.07, 6.45) is -0.108. The van der Waals surface area contributed by atoms with Crippen molar-refractivity contribution in [1.82, 2.24) is 9.91 Å². The van der Waals surface area contributed by atoms with E-state index >= 15 is 0 Å². The van der Waals surface area contributed by atoms with Crippen molar-refractivity contribution in [3.05, 3.63) is 59.7 Å². The van der Waals surface area contributed by atoms with E-state index in [0.717, 1.165) is 35.7 Å². The maximum atomic E-state index is 10.2. The lowest BCUT2D eigenvalue weighted by atomic mass is 10.0. The molecule has 2 heterocycles. The highest BCUT2D eigenvalue weighted by Gasteiger charge is 2.34. The second kappa shape index (κ2) is 4.94. The van der Waals surface area contributed by atoms with Crippen molar-refractivity contribution < 1.29 is 5.11 Å². The maximum absolute atomic E-state index is 10.2. The van der Waals surface area contributed by atoms with Crippen LogP contribution in [0.1, 0.15) is 17.3 Å². The number of hydrazone groups is 1. The number of hydrogen-bond donors (Lipinski definition) is 2. The number of phenolic OH excluding ortho intramolecular Hbond substituents is 1. The maximum Gasteiger partial charge on any atom is 0.160 e. The number of anilines is 1. The van der Waals surface area contributed by atoms with E-state index in [1.165, 1.54) is 0 Å². The van der Waals surface area contributed by atoms with Crippen LogP contribution < -0.4 is 5.32 Å². The molecule has 4 rings (SSSR count). The van der Waals surface area contributed by atoms with Gasteiger partial charge in [0.15, 0.2) is 5.84 Å². The normalized spacial score (nSPS) is 19.9. The molecule has 0 aromatic heterocycles. The van der Waals surface area contributed by atoms with Gasteiger partial charge in [-0.15, -0.1) is 0 Å². The van der Waals surface area contributed by atoms with E-state index in [1.54, 1.807) is 6.07 Å². The van der Waals surface area contributed by atoms with Gasteiger partial charge in [0, 0.05) is 30.4 Å². The zero-order valence-corrected chi connectivity index (χ0v) is 12.4. The smallest absolute Gasteiger partial charge is 0.160 e. The summed E-state index contributed by atoms with van der Waals surface area (Å²) in [6.45, 7) is 1.72. The van der Waals surface area contributed by atoms with Gasteiger partial charge in [0.05, 0.1) is 6.54 Å². The number of benzene rings is 2. The van der Waals surface area contributed by atoms with Gasteiger partial charge in [-0.2, -0.15) is 5.10 Å². The van der Waals surface area contributed by atoms with Gasteiger partial charge in [0.1, 0.15) is 11.9 Å². The zero-order chi connectivity index (χ0) is 15.1. The van der Waals surface area contributed by atoms with Gasteiger partial charge in [0.25, 0.3) is 0 Å². The number of phenols is 1. The molecule has 0 spiro atoms. The highest BCUT2D eigenvalue weighted by atomic mass is 16.3. The van der Waals surface area contributed by atoms with E-state index in [1.807, 2.05) is 42.4 Å². The Morgan fingerprint density at radius 2 is 1.86 bits per heavy atom. The van der Waals surface area contributed by atoms with Crippen LogP contribution in [0.5, 0.6) is 5.75 Å². The quantitative estimate of drug-likeness (QED) is 0.848. The molecule has 0 bridgehead atoms. The summed E-state index contributed by atoms with van der Waals surface area (Å²) in [6, 6.07) is 15.6. The lowest BCUT2D eigenvalue weighted by Crippen LogP contribution is -2.49. The van der Waals surface area contributed by atoms with Crippen LogP contribution in [0.15, 0.2) is 53.6 Å². The molecular weight excluding hydrogens is 276 g/mol. The van der Waals surface area contributed by atoms with Crippen molar-refractivity contribution in [2.75, 3.05) is 25.5 Å². The summed E-state index contributed by atoms with van der Waals surface area (Å²) < 4.78 is 0. The van der Waals surface area contributed by atoms with Crippen LogP contribution in [0.2, 0.25) is 0 Å². The van der Waals surface area contributed by atoms with Gasteiger partial charge in [-0.3, -0.25) is 5.01 Å². The second-order valence-electron chi connectivity index (χ2n) is 5.65. The first kappa shape index (κ1) is 13.0. The molecule has 0 fully saturated rings. The van der Waals surface area contributed by atoms with E-state index in [-0.39, 0.29) is 6.17 Å². The summed E-state index contributed by atoms with van der Waals surface area (Å²) in [5.74, 6) is 1.26. The number of amidine groups is 1. The van der Waals surface area contributed by atoms with Crippen molar-refractivity contribution in [1.29, 1.82) is 0 Å². The molecule has 5 nitrogen and oxygen atoms in total. The van der Waals surface area contributed by atoms with E-state index in [4.69, 9.17) is 5.10 Å². The monoisotopic (exact) mass is 294 g/mol. The van der Waals surface area contributed by atoms with Gasteiger partial charge in [-0.1, -0.05) is 30.3 Å². The number of hydrogen-bond acceptors (Lipinski definition) is 5. The van der Waals surface area contributed by atoms with Crippen molar-refractivity contribution in [3.63, 3.8) is 0 Å². The minimum absolute atomic E-state index is 0.108. The summed E-state index contributed by atoms with van der Waals surface area (Å²) in [5.41, 5.74) is 3.01. The topological polar surface area (TPSA) is 51.1 Å². The van der Waals surface area contributed by atoms with Gasteiger partial charge in [-0.05, 0) is 18.2 Å². The van der Waals surface area contributed by atoms with Crippen molar-refractivity contribution >= 4 is 11.5 Å². The van der Waals surface area contributed by atoms with Crippen LogP contribution in [0, 0.1) is 0 Å². The van der Waals surface area contributed by atoms with Crippen LogP contribution in [0.25, 0.3) is 0 Å². The lowest BCUT2D eigenvalue weighted by Gasteiger charge is -2.43. The number of aromatic hydroxyl groups is 1. The minimum Gasteiger partial charge on any atom is -0.508 e. The predicted molar refractivity (Wildman–Crippen MR) is 86.8 cm³/mol. The van der Waals surface area contributed by atoms with E-state index < -0.39 is 0 Å². The Hall–Kier alpha value is -2.69. The number of nitrogens with one attached hydrogen (secondary N) is 1. The molecule has 112 valence electrons. The van der Waals surface area contributed by atoms with E-state index in [9.17, 15) is 5.11 Å². The van der Waals surface area contributed by atoms with E-state index in [0.29, 0.717) is 5.75 Å². The van der Waals surface area contributed by atoms with Crippen LogP contribution in [-0.4, -0.2) is 41.0 Å². The fourth-order valence-electron chi connectivity index (χ4n) is 3.08. The molecule has 2 aliphatic rings. The number of nitrogens with zero attached hydrogens (tertiary/aromatic N) is 3. The first-order chi connectivity index (χ1) is 10.7. The third-order valence-electron chi connectivity index (χ3n) is 4.21. The molecule has 0 radical (unpaired) electrons. The van der Waals surface area contributed by atoms with Crippen molar-refractivity contribution in [2.24, 2.45) is 5.10 Å². The number of fused-ring (bicyclic) bond motifs is 3. The summed E-state index contributed by atoms with van der Waals surface area (Å²) in [7, 11) is 1.99. The zero-order valence-electron chi connectivity index (χ0n) is 12.4. The highest BCUT2D eigenvalue weighted by molar-refractivity contribution is 6.05. The molecule has 0 saturated heterocycles. The largest absolute Gasteiger partial charge is 0.508 e. The average molecular weight is 294 g/mol. The SMILES string of the molecule is CN1CCN2C(=N1)c1ccccc1NC2c1ccccc1O. The Kier molecular flexibility index (Phi) is 2.92. The predicted octanol–water partition coefficient (Wildman–Crippen LogP) is 2.43. The molecule has 1 unspecified atom stereocenters. The molecule has 5 heteroatoms. The van der Waals surface area contributed by atoms with Gasteiger partial charge in [-0.25, -0.2) is 0 Å². The van der Waals surface area contributed by atoms with Gasteiger partial charge >= 0.3 is 0 Å². The Bertz CT molecular complexity index is 743. The highest BCUT2D eigenvalue weighted by Crippen LogP contribution is 2.37. The molecule has 0 amide bonds. The van der Waals surface area contributed by atoms with Gasteiger partial charge in [0.2, 0.25) is 0 Å². The molecule has 2 aromatic rings. The Balaban J connectivity index is 1.86. The first-order valence-electron chi connectivity index (χ1n) is 7.44. The van der Waals surface area contributed by atoms with Crippen molar-refractivity contribution in [2.45, 2.75) is 6.17 Å². The Morgan fingerprint density at radius 3 is 2.73 bits per heavy atom. The number of likely N-dealkylation sites (N-methyl/N-ethyl adjacent to an activating group) is 1. The average Bonchev–Trinajstić information content (AvgIpc) is 2.54. The van der Waals surface area contributed by atoms with Crippen LogP contribution >= 0.6 is 0 Å². The molecule has 2 aliphatic heterocycles. The standard InChI is InChI=1S/C17H18N4O/c1-20-10-11-21-16(13-7-3-5-9-15(13)22)18-14-8-4-2-6-12(14)17(21)19-20/h2-9,16,18,22H,10-11H2,1H3. The van der Waals surface area contributed by atoms with Crippen molar-refractivity contribution in [3.8, 4) is 5.75 Å². The molecule has 0 saturated carbocycles. The fraction of sp³-hybridized carbons (Fsp3) is 0.235. The van der Waals surface area contributed by atoms with E-state index in [2.05, 4.69) is 22.3 Å². The third kappa shape index (κ3) is 1.97. The second-order valence-corrected chi connectivity index (χ2v) is 5.65. The fourth-order valence-corrected chi connectivity index (χ4v) is 3.08. The Morgan fingerprint density at radius 1 is 1.09 bits per heavy atom. The molecule has 2 aromatic carbocycles. The number of rotatable bonds is 1. The van der Waals surface area contributed by atoms with Crippen LogP contribution in [0.4, 0.5) is 5.69 Å². The summed E-state index contributed by atoms with van der Waals surface area (Å²) in [5, 5.41) is 20.4. The Labute approximate surface area is 129 Å². The summed E-state index contributed by atoms with van der Waals surface area (Å²) >= 11 is 0. The van der Waals surface area contributed by atoms with Crippen LogP contribution in [-0.2, 0) is 0 Å². The number of para-hydroxylation sites is 2. The van der Waals surface area contributed by atoms with Crippen LogP contribution in [0.3, 0.4) is 0 Å². The van der Waals surface area contributed by atoms with Gasteiger partial charge < -0.3 is 15.3 Å². The third-order valence-corrected chi connectivity index (χ3v) is 4.21.